The van der Waals surface area contributed by atoms with Crippen molar-refractivity contribution in [1.29, 1.82) is 0 Å². The molecule has 1 aliphatic rings. The Morgan fingerprint density at radius 1 is 1.25 bits per heavy atom. The Hall–Kier alpha value is -1.42. The molecule has 0 bridgehead atoms. The highest BCUT2D eigenvalue weighted by Gasteiger charge is 2.25. The fourth-order valence-electron chi connectivity index (χ4n) is 2.85. The monoisotopic (exact) mass is 331 g/mol. The summed E-state index contributed by atoms with van der Waals surface area (Å²) in [4.78, 5) is 11.5. The molecule has 1 aromatic carbocycles. The van der Waals surface area contributed by atoms with Crippen molar-refractivity contribution in [3.8, 4) is 0 Å². The molecule has 0 spiro atoms. The van der Waals surface area contributed by atoms with E-state index in [1.54, 1.807) is 0 Å². The molecular formula is C16H18BrN3. The third-order valence-corrected chi connectivity index (χ3v) is 4.28. The van der Waals surface area contributed by atoms with E-state index in [1.165, 1.54) is 11.3 Å². The van der Waals surface area contributed by atoms with Gasteiger partial charge < -0.3 is 4.90 Å². The van der Waals surface area contributed by atoms with Gasteiger partial charge in [-0.2, -0.15) is 0 Å². The second-order valence-electron chi connectivity index (χ2n) is 5.57. The molecule has 4 heteroatoms. The zero-order valence-electron chi connectivity index (χ0n) is 12.0. The second kappa shape index (κ2) is 5.17. The average molecular weight is 332 g/mol. The van der Waals surface area contributed by atoms with Crippen molar-refractivity contribution in [2.45, 2.75) is 26.7 Å². The highest BCUT2D eigenvalue weighted by atomic mass is 79.9. The Labute approximate surface area is 128 Å². The highest BCUT2D eigenvalue weighted by molar-refractivity contribution is 9.10. The van der Waals surface area contributed by atoms with Crippen molar-refractivity contribution in [3.05, 3.63) is 45.8 Å². The quantitative estimate of drug-likeness (QED) is 0.831. The van der Waals surface area contributed by atoms with Gasteiger partial charge in [0.25, 0.3) is 0 Å². The molecule has 1 atom stereocenters. The third-order valence-electron chi connectivity index (χ3n) is 3.79. The predicted molar refractivity (Wildman–Crippen MR) is 85.5 cm³/mol. The molecule has 0 fully saturated rings. The number of aromatic nitrogens is 2. The van der Waals surface area contributed by atoms with Crippen LogP contribution in [0.4, 0.5) is 11.5 Å². The van der Waals surface area contributed by atoms with Crippen LogP contribution in [-0.4, -0.2) is 17.0 Å². The van der Waals surface area contributed by atoms with Gasteiger partial charge in [-0.1, -0.05) is 28.9 Å². The lowest BCUT2D eigenvalue weighted by molar-refractivity contribution is 0.623. The molecule has 0 radical (unpaired) electrons. The second-order valence-corrected chi connectivity index (χ2v) is 6.49. The molecule has 3 nitrogen and oxygen atoms in total. The summed E-state index contributed by atoms with van der Waals surface area (Å²) in [6.45, 7) is 4.25. The minimum atomic E-state index is 0.663. The first-order valence-corrected chi connectivity index (χ1v) is 7.69. The summed E-state index contributed by atoms with van der Waals surface area (Å²) in [6.07, 6.45) is 2.14. The molecular weight excluding hydrogens is 314 g/mol. The summed E-state index contributed by atoms with van der Waals surface area (Å²) in [6, 6.07) is 8.30. The van der Waals surface area contributed by atoms with Gasteiger partial charge in [-0.3, -0.25) is 0 Å². The largest absolute Gasteiger partial charge is 0.329 e. The van der Waals surface area contributed by atoms with Gasteiger partial charge >= 0.3 is 0 Å². The van der Waals surface area contributed by atoms with Gasteiger partial charge in [-0.05, 0) is 43.9 Å². The number of fused-ring (bicyclic) bond motifs is 1. The van der Waals surface area contributed by atoms with Crippen LogP contribution >= 0.6 is 15.9 Å². The summed E-state index contributed by atoms with van der Waals surface area (Å²) in [5, 5.41) is 0. The van der Waals surface area contributed by atoms with Crippen LogP contribution in [0.5, 0.6) is 0 Å². The molecule has 0 saturated heterocycles. The van der Waals surface area contributed by atoms with Crippen LogP contribution < -0.4 is 4.90 Å². The predicted octanol–water partition coefficient (Wildman–Crippen LogP) is 4.05. The minimum absolute atomic E-state index is 0.663. The van der Waals surface area contributed by atoms with Gasteiger partial charge in [0.15, 0.2) is 0 Å². The van der Waals surface area contributed by atoms with Crippen LogP contribution in [0, 0.1) is 12.8 Å². The van der Waals surface area contributed by atoms with E-state index in [2.05, 4.69) is 56.9 Å². The first-order valence-electron chi connectivity index (χ1n) is 6.90. The molecule has 20 heavy (non-hydrogen) atoms. The topological polar surface area (TPSA) is 29.0 Å². The van der Waals surface area contributed by atoms with Crippen molar-refractivity contribution in [2.75, 3.05) is 11.9 Å². The van der Waals surface area contributed by atoms with Crippen molar-refractivity contribution in [3.63, 3.8) is 0 Å². The Bertz CT molecular complexity index is 654. The molecule has 1 aromatic heterocycles. The molecule has 0 amide bonds. The van der Waals surface area contributed by atoms with Crippen LogP contribution in [-0.2, 0) is 12.8 Å². The maximum absolute atomic E-state index is 4.68. The molecule has 1 heterocycles. The molecule has 2 aromatic rings. The van der Waals surface area contributed by atoms with Crippen LogP contribution in [0.2, 0.25) is 0 Å². The lowest BCUT2D eigenvalue weighted by Gasteiger charge is -2.21. The SMILES string of the molecule is Cc1nc2c(c(N(C)c3cccc(Br)c3)n1)CC(C)C2. The van der Waals surface area contributed by atoms with Gasteiger partial charge in [0, 0.05) is 28.5 Å². The number of anilines is 2. The number of benzene rings is 1. The first-order chi connectivity index (χ1) is 9.54. The lowest BCUT2D eigenvalue weighted by Crippen LogP contribution is -2.15. The number of hydrogen-bond acceptors (Lipinski definition) is 3. The van der Waals surface area contributed by atoms with Crippen LogP contribution in [0.15, 0.2) is 28.7 Å². The van der Waals surface area contributed by atoms with Crippen molar-refractivity contribution < 1.29 is 0 Å². The Balaban J connectivity index is 2.06. The fraction of sp³-hybridized carbons (Fsp3) is 0.375. The van der Waals surface area contributed by atoms with Crippen LogP contribution in [0.25, 0.3) is 0 Å². The summed E-state index contributed by atoms with van der Waals surface area (Å²) >= 11 is 3.53. The summed E-state index contributed by atoms with van der Waals surface area (Å²) < 4.78 is 1.08. The molecule has 0 N–H and O–H groups in total. The van der Waals surface area contributed by atoms with Crippen molar-refractivity contribution in [1.82, 2.24) is 9.97 Å². The van der Waals surface area contributed by atoms with E-state index in [4.69, 9.17) is 0 Å². The average Bonchev–Trinajstić information content (AvgIpc) is 2.77. The molecule has 104 valence electrons. The van der Waals surface area contributed by atoms with Gasteiger partial charge in [-0.15, -0.1) is 0 Å². The maximum atomic E-state index is 4.68. The van der Waals surface area contributed by atoms with E-state index < -0.39 is 0 Å². The smallest absolute Gasteiger partial charge is 0.139 e. The van der Waals surface area contributed by atoms with E-state index in [0.717, 1.165) is 34.6 Å². The van der Waals surface area contributed by atoms with E-state index in [-0.39, 0.29) is 0 Å². The van der Waals surface area contributed by atoms with Crippen LogP contribution in [0.1, 0.15) is 24.0 Å². The lowest BCUT2D eigenvalue weighted by atomic mass is 10.1. The van der Waals surface area contributed by atoms with Gasteiger partial charge in [-0.25, -0.2) is 9.97 Å². The number of aryl methyl sites for hydroxylation is 1. The summed E-state index contributed by atoms with van der Waals surface area (Å²) in [5.74, 6) is 2.57. The zero-order chi connectivity index (χ0) is 14.3. The Kier molecular flexibility index (Phi) is 3.50. The van der Waals surface area contributed by atoms with Crippen molar-refractivity contribution in [2.24, 2.45) is 5.92 Å². The standard InChI is InChI=1S/C16H18BrN3/c1-10-7-14-15(8-10)18-11(2)19-16(14)20(3)13-6-4-5-12(17)9-13/h4-6,9-10H,7-8H2,1-3H3. The molecule has 0 saturated carbocycles. The first kappa shape index (κ1) is 13.6. The van der Waals surface area contributed by atoms with Gasteiger partial charge in [0.05, 0.1) is 0 Å². The van der Waals surface area contributed by atoms with E-state index >= 15 is 0 Å². The van der Waals surface area contributed by atoms with Gasteiger partial charge in [0.1, 0.15) is 11.6 Å². The fourth-order valence-corrected chi connectivity index (χ4v) is 3.24. The Morgan fingerprint density at radius 3 is 2.80 bits per heavy atom. The summed E-state index contributed by atoms with van der Waals surface area (Å²) in [7, 11) is 2.08. The number of rotatable bonds is 2. The minimum Gasteiger partial charge on any atom is -0.329 e. The normalized spacial score (nSPS) is 17.1. The number of halogens is 1. The van der Waals surface area contributed by atoms with E-state index in [9.17, 15) is 0 Å². The Morgan fingerprint density at radius 2 is 2.05 bits per heavy atom. The molecule has 0 aliphatic heterocycles. The van der Waals surface area contributed by atoms with Crippen LogP contribution in [0.3, 0.4) is 0 Å². The number of nitrogens with zero attached hydrogens (tertiary/aromatic N) is 3. The van der Waals surface area contributed by atoms with E-state index in [0.29, 0.717) is 5.92 Å². The maximum Gasteiger partial charge on any atom is 0.139 e. The zero-order valence-corrected chi connectivity index (χ0v) is 13.6. The highest BCUT2D eigenvalue weighted by Crippen LogP contribution is 2.34. The summed E-state index contributed by atoms with van der Waals surface area (Å²) in [5.41, 5.74) is 3.67. The number of hydrogen-bond donors (Lipinski definition) is 0. The molecule has 3 rings (SSSR count). The molecule has 1 unspecified atom stereocenters. The van der Waals surface area contributed by atoms with E-state index in [1.807, 2.05) is 19.1 Å². The molecule has 1 aliphatic carbocycles. The third kappa shape index (κ3) is 2.44. The van der Waals surface area contributed by atoms with Crippen molar-refractivity contribution >= 4 is 27.4 Å². The van der Waals surface area contributed by atoms with Gasteiger partial charge in [0.2, 0.25) is 0 Å².